The highest BCUT2D eigenvalue weighted by Crippen LogP contribution is 2.40. The highest BCUT2D eigenvalue weighted by Gasteiger charge is 2.38. The van der Waals surface area contributed by atoms with Gasteiger partial charge in [0.1, 0.15) is 11.6 Å². The average molecular weight is 321 g/mol. The number of hydrogen-bond acceptors (Lipinski definition) is 4. The number of methoxy groups -OCH3 is 1. The van der Waals surface area contributed by atoms with Crippen molar-refractivity contribution in [3.63, 3.8) is 0 Å². The summed E-state index contributed by atoms with van der Waals surface area (Å²) < 4.78 is 37.1. The predicted octanol–water partition coefficient (Wildman–Crippen LogP) is 3.27. The van der Waals surface area contributed by atoms with E-state index in [-0.39, 0.29) is 18.8 Å². The molecule has 1 N–H and O–H groups in total. The van der Waals surface area contributed by atoms with Gasteiger partial charge in [-0.15, -0.1) is 0 Å². The van der Waals surface area contributed by atoms with Crippen LogP contribution in [0.5, 0.6) is 0 Å². The van der Waals surface area contributed by atoms with E-state index in [4.69, 9.17) is 4.74 Å². The molecule has 1 aliphatic carbocycles. The summed E-state index contributed by atoms with van der Waals surface area (Å²) >= 11 is 0. The Morgan fingerprint density at radius 1 is 1.27 bits per heavy atom. The molecule has 1 amide bonds. The van der Waals surface area contributed by atoms with Crippen molar-refractivity contribution >= 4 is 12.1 Å². The smallest absolute Gasteiger partial charge is 0.408 e. The molecule has 0 bridgehead atoms. The van der Waals surface area contributed by atoms with Crippen LogP contribution >= 0.6 is 0 Å². The molecule has 0 aromatic heterocycles. The predicted molar refractivity (Wildman–Crippen MR) is 76.7 cm³/mol. The number of carbonyl (C=O) groups excluding carboxylic acids is 2. The van der Waals surface area contributed by atoms with E-state index in [2.05, 4.69) is 10.1 Å². The van der Waals surface area contributed by atoms with Gasteiger partial charge in [0.15, 0.2) is 0 Å². The molecule has 0 spiro atoms. The topological polar surface area (TPSA) is 64.6 Å². The van der Waals surface area contributed by atoms with Crippen LogP contribution in [-0.4, -0.2) is 36.7 Å². The van der Waals surface area contributed by atoms with Gasteiger partial charge in [0.05, 0.1) is 7.11 Å². The molecule has 0 heterocycles. The highest BCUT2D eigenvalue weighted by molar-refractivity contribution is 5.81. The van der Waals surface area contributed by atoms with Crippen LogP contribution < -0.4 is 5.32 Å². The van der Waals surface area contributed by atoms with Crippen molar-refractivity contribution in [1.29, 1.82) is 0 Å². The lowest BCUT2D eigenvalue weighted by atomic mass is 10.0. The zero-order valence-electron chi connectivity index (χ0n) is 13.6. The van der Waals surface area contributed by atoms with Crippen LogP contribution in [0.4, 0.5) is 13.6 Å². The fraction of sp³-hybridized carbons (Fsp3) is 0.867. The number of ether oxygens (including phenoxy) is 2. The second kappa shape index (κ2) is 7.24. The Bertz CT molecular complexity index is 403. The van der Waals surface area contributed by atoms with Gasteiger partial charge < -0.3 is 14.8 Å². The number of esters is 1. The summed E-state index contributed by atoms with van der Waals surface area (Å²) in [5.74, 6) is -3.50. The molecule has 0 radical (unpaired) electrons. The number of carbonyl (C=O) groups is 2. The van der Waals surface area contributed by atoms with E-state index in [1.807, 2.05) is 0 Å². The fourth-order valence-corrected chi connectivity index (χ4v) is 2.04. The first kappa shape index (κ1) is 18.6. The maximum absolute atomic E-state index is 13.8. The van der Waals surface area contributed by atoms with Crippen molar-refractivity contribution in [3.8, 4) is 0 Å². The molecule has 1 fully saturated rings. The SMILES string of the molecule is COC(=O)[C@H](CCC(F)(F)CC1CC1)NC(=O)OC(C)(C)C. The first-order chi connectivity index (χ1) is 10.0. The van der Waals surface area contributed by atoms with Gasteiger partial charge in [-0.25, -0.2) is 18.4 Å². The van der Waals surface area contributed by atoms with Crippen molar-refractivity contribution < 1.29 is 27.8 Å². The van der Waals surface area contributed by atoms with Gasteiger partial charge in [0.25, 0.3) is 0 Å². The van der Waals surface area contributed by atoms with Gasteiger partial charge in [0, 0.05) is 12.8 Å². The Morgan fingerprint density at radius 2 is 1.86 bits per heavy atom. The fourth-order valence-electron chi connectivity index (χ4n) is 2.04. The van der Waals surface area contributed by atoms with E-state index in [0.29, 0.717) is 0 Å². The van der Waals surface area contributed by atoms with E-state index >= 15 is 0 Å². The normalized spacial score (nSPS) is 16.8. The number of alkyl halides is 2. The zero-order valence-corrected chi connectivity index (χ0v) is 13.6. The second-order valence-corrected chi connectivity index (χ2v) is 6.76. The molecule has 5 nitrogen and oxygen atoms in total. The lowest BCUT2D eigenvalue weighted by molar-refractivity contribution is -0.143. The van der Waals surface area contributed by atoms with Gasteiger partial charge in [-0.05, 0) is 46.0 Å². The lowest BCUT2D eigenvalue weighted by Crippen LogP contribution is -2.44. The van der Waals surface area contributed by atoms with E-state index in [9.17, 15) is 18.4 Å². The van der Waals surface area contributed by atoms with Crippen molar-refractivity contribution in [2.24, 2.45) is 5.92 Å². The maximum Gasteiger partial charge on any atom is 0.408 e. The minimum Gasteiger partial charge on any atom is -0.467 e. The largest absolute Gasteiger partial charge is 0.467 e. The summed E-state index contributed by atoms with van der Waals surface area (Å²) in [7, 11) is 1.15. The molecule has 0 saturated heterocycles. The molecule has 7 heteroatoms. The van der Waals surface area contributed by atoms with Crippen LogP contribution in [0.2, 0.25) is 0 Å². The summed E-state index contributed by atoms with van der Waals surface area (Å²) in [4.78, 5) is 23.3. The molecule has 0 aromatic rings. The number of alkyl carbamates (subject to hydrolysis) is 1. The number of rotatable bonds is 7. The van der Waals surface area contributed by atoms with Gasteiger partial charge in [-0.2, -0.15) is 0 Å². The van der Waals surface area contributed by atoms with Gasteiger partial charge >= 0.3 is 12.1 Å². The third-order valence-electron chi connectivity index (χ3n) is 3.26. The van der Waals surface area contributed by atoms with Crippen LogP contribution in [0.3, 0.4) is 0 Å². The number of nitrogens with one attached hydrogen (secondary N) is 1. The molecule has 0 aromatic carbocycles. The lowest BCUT2D eigenvalue weighted by Gasteiger charge is -2.24. The highest BCUT2D eigenvalue weighted by atomic mass is 19.3. The summed E-state index contributed by atoms with van der Waals surface area (Å²) in [6, 6.07) is -1.13. The first-order valence-corrected chi connectivity index (χ1v) is 7.47. The molecule has 22 heavy (non-hydrogen) atoms. The minimum atomic E-state index is -2.83. The van der Waals surface area contributed by atoms with Gasteiger partial charge in [-0.3, -0.25) is 0 Å². The summed E-state index contributed by atoms with van der Waals surface area (Å²) in [5.41, 5.74) is -0.735. The van der Waals surface area contributed by atoms with Crippen molar-refractivity contribution in [3.05, 3.63) is 0 Å². The van der Waals surface area contributed by atoms with Crippen LogP contribution in [-0.2, 0) is 14.3 Å². The molecule has 128 valence electrons. The Kier molecular flexibility index (Phi) is 6.14. The summed E-state index contributed by atoms with van der Waals surface area (Å²) in [6.07, 6.45) is 0.0320. The zero-order chi connectivity index (χ0) is 17.0. The maximum atomic E-state index is 13.8. The van der Waals surface area contributed by atoms with Gasteiger partial charge in [-0.1, -0.05) is 0 Å². The Hall–Kier alpha value is -1.40. The minimum absolute atomic E-state index is 0.0883. The first-order valence-electron chi connectivity index (χ1n) is 7.47. The third kappa shape index (κ3) is 7.56. The molecule has 0 aliphatic heterocycles. The Morgan fingerprint density at radius 3 is 2.32 bits per heavy atom. The van der Waals surface area contributed by atoms with E-state index < -0.39 is 36.0 Å². The molecule has 1 aliphatic rings. The molecule has 0 unspecified atom stereocenters. The Balaban J connectivity index is 2.52. The summed E-state index contributed by atoms with van der Waals surface area (Å²) in [6.45, 7) is 5.01. The van der Waals surface area contributed by atoms with Crippen LogP contribution in [0.15, 0.2) is 0 Å². The molecular weight excluding hydrogens is 296 g/mol. The van der Waals surface area contributed by atoms with Crippen molar-refractivity contribution in [2.45, 2.75) is 70.4 Å². The third-order valence-corrected chi connectivity index (χ3v) is 3.26. The number of halogens is 2. The van der Waals surface area contributed by atoms with Crippen LogP contribution in [0, 0.1) is 5.92 Å². The van der Waals surface area contributed by atoms with E-state index in [1.54, 1.807) is 20.8 Å². The van der Waals surface area contributed by atoms with Crippen molar-refractivity contribution in [2.75, 3.05) is 7.11 Å². The monoisotopic (exact) mass is 321 g/mol. The summed E-state index contributed by atoms with van der Waals surface area (Å²) in [5, 5.41) is 2.30. The molecule has 1 atom stereocenters. The van der Waals surface area contributed by atoms with Crippen molar-refractivity contribution in [1.82, 2.24) is 5.32 Å². The Labute approximate surface area is 129 Å². The molecule has 1 rings (SSSR count). The van der Waals surface area contributed by atoms with E-state index in [0.717, 1.165) is 20.0 Å². The van der Waals surface area contributed by atoms with Gasteiger partial charge in [0.2, 0.25) is 5.92 Å². The van der Waals surface area contributed by atoms with E-state index in [1.165, 1.54) is 0 Å². The average Bonchev–Trinajstić information content (AvgIpc) is 3.14. The van der Waals surface area contributed by atoms with Crippen LogP contribution in [0.1, 0.15) is 52.9 Å². The second-order valence-electron chi connectivity index (χ2n) is 6.76. The quantitative estimate of drug-likeness (QED) is 0.731. The van der Waals surface area contributed by atoms with Crippen LogP contribution in [0.25, 0.3) is 0 Å². The number of hydrogen-bond donors (Lipinski definition) is 1. The standard InChI is InChI=1S/C15H25F2NO4/c1-14(2,3)22-13(20)18-11(12(19)21-4)7-8-15(16,17)9-10-5-6-10/h10-11H,5-9H2,1-4H3,(H,18,20)/t11-/m0/s1. The molecular formula is C15H25F2NO4. The number of amides is 1. The molecule has 1 saturated carbocycles.